The summed E-state index contributed by atoms with van der Waals surface area (Å²) in [6, 6.07) is 13.3. The lowest BCUT2D eigenvalue weighted by molar-refractivity contribution is -0.117. The molecule has 26 heavy (non-hydrogen) atoms. The first-order valence-corrected chi connectivity index (χ1v) is 8.66. The van der Waals surface area contributed by atoms with Crippen LogP contribution in [0.5, 0.6) is 0 Å². The van der Waals surface area contributed by atoms with Crippen molar-refractivity contribution in [3.63, 3.8) is 0 Å². The number of fused-ring (bicyclic) bond motifs is 2. The van der Waals surface area contributed by atoms with Crippen LogP contribution in [0.15, 0.2) is 48.8 Å². The van der Waals surface area contributed by atoms with Gasteiger partial charge in [-0.25, -0.2) is 0 Å². The van der Waals surface area contributed by atoms with Gasteiger partial charge in [0, 0.05) is 28.5 Å². The zero-order chi connectivity index (χ0) is 18.1. The molecule has 1 atom stereocenters. The van der Waals surface area contributed by atoms with Gasteiger partial charge in [-0.1, -0.05) is 35.9 Å². The van der Waals surface area contributed by atoms with E-state index < -0.39 is 0 Å². The molecule has 0 spiro atoms. The number of rotatable bonds is 2. The van der Waals surface area contributed by atoms with Gasteiger partial charge in [0.1, 0.15) is 6.07 Å². The summed E-state index contributed by atoms with van der Waals surface area (Å²) in [5.41, 5.74) is 2.58. The molecule has 1 aliphatic rings. The highest BCUT2D eigenvalue weighted by atomic mass is 35.5. The number of anilines is 2. The van der Waals surface area contributed by atoms with E-state index in [4.69, 9.17) is 11.6 Å². The smallest absolute Gasteiger partial charge is 0.232 e. The summed E-state index contributed by atoms with van der Waals surface area (Å²) in [4.78, 5) is 17.2. The van der Waals surface area contributed by atoms with Crippen LogP contribution in [-0.4, -0.2) is 17.4 Å². The summed E-state index contributed by atoms with van der Waals surface area (Å²) in [6.07, 6.45) is 4.05. The van der Waals surface area contributed by atoms with Crippen LogP contribution in [0.1, 0.15) is 23.5 Å². The molecule has 5 nitrogen and oxygen atoms in total. The predicted octanol–water partition coefficient (Wildman–Crippen LogP) is 4.30. The van der Waals surface area contributed by atoms with Crippen molar-refractivity contribution < 1.29 is 4.79 Å². The fourth-order valence-corrected chi connectivity index (χ4v) is 3.62. The second-order valence-corrected chi connectivity index (χ2v) is 6.63. The van der Waals surface area contributed by atoms with Crippen LogP contribution in [0.3, 0.4) is 0 Å². The molecule has 2 N–H and O–H groups in total. The Bertz CT molecular complexity index is 1050. The Morgan fingerprint density at radius 2 is 2.15 bits per heavy atom. The number of aromatic nitrogens is 1. The molecular formula is C20H15ClN4O. The maximum Gasteiger partial charge on any atom is 0.232 e. The average Bonchev–Trinajstić information content (AvgIpc) is 2.67. The maximum atomic E-state index is 13.0. The van der Waals surface area contributed by atoms with Crippen LogP contribution < -0.4 is 10.6 Å². The third-order valence-electron chi connectivity index (χ3n) is 4.61. The van der Waals surface area contributed by atoms with Gasteiger partial charge in [0.05, 0.1) is 29.1 Å². The van der Waals surface area contributed by atoms with Crippen LogP contribution in [0.4, 0.5) is 11.4 Å². The normalized spacial score (nSPS) is 15.6. The lowest BCUT2D eigenvalue weighted by atomic mass is 9.88. The Morgan fingerprint density at radius 1 is 1.31 bits per heavy atom. The van der Waals surface area contributed by atoms with Crippen molar-refractivity contribution in [3.05, 3.63) is 64.9 Å². The van der Waals surface area contributed by atoms with Gasteiger partial charge in [-0.3, -0.25) is 9.78 Å². The fraction of sp³-hybridized carbons (Fsp3) is 0.150. The third kappa shape index (κ3) is 2.85. The molecule has 1 amide bonds. The first-order valence-electron chi connectivity index (χ1n) is 8.28. The molecule has 0 bridgehead atoms. The van der Waals surface area contributed by atoms with E-state index in [1.54, 1.807) is 24.5 Å². The number of halogens is 1. The first kappa shape index (κ1) is 16.4. The van der Waals surface area contributed by atoms with E-state index in [9.17, 15) is 10.1 Å². The molecule has 0 radical (unpaired) electrons. The molecule has 1 aliphatic heterocycles. The summed E-state index contributed by atoms with van der Waals surface area (Å²) in [6.45, 7) is 0.620. The Hall–Kier alpha value is -3.10. The summed E-state index contributed by atoms with van der Waals surface area (Å²) in [5, 5.41) is 17.9. The highest BCUT2D eigenvalue weighted by Gasteiger charge is 2.29. The van der Waals surface area contributed by atoms with Crippen molar-refractivity contribution in [2.24, 2.45) is 0 Å². The number of pyridine rings is 1. The minimum atomic E-state index is -0.379. The van der Waals surface area contributed by atoms with Gasteiger partial charge in [-0.15, -0.1) is 0 Å². The molecule has 2 aromatic carbocycles. The maximum absolute atomic E-state index is 13.0. The van der Waals surface area contributed by atoms with Crippen LogP contribution >= 0.6 is 11.6 Å². The van der Waals surface area contributed by atoms with Gasteiger partial charge >= 0.3 is 0 Å². The summed E-state index contributed by atoms with van der Waals surface area (Å²) in [5.74, 6) is -0.506. The van der Waals surface area contributed by atoms with Crippen molar-refractivity contribution in [1.82, 2.24) is 4.98 Å². The van der Waals surface area contributed by atoms with E-state index in [0.717, 1.165) is 16.3 Å². The summed E-state index contributed by atoms with van der Waals surface area (Å²) >= 11 is 6.15. The number of hydrogen-bond acceptors (Lipinski definition) is 4. The van der Waals surface area contributed by atoms with Gasteiger partial charge in [0.25, 0.3) is 0 Å². The molecule has 0 saturated heterocycles. The van der Waals surface area contributed by atoms with E-state index in [0.29, 0.717) is 34.9 Å². The second-order valence-electron chi connectivity index (χ2n) is 6.19. The minimum Gasteiger partial charge on any atom is -0.384 e. The molecular weight excluding hydrogens is 348 g/mol. The van der Waals surface area contributed by atoms with Crippen LogP contribution in [0.25, 0.3) is 10.8 Å². The highest BCUT2D eigenvalue weighted by Crippen LogP contribution is 2.37. The van der Waals surface area contributed by atoms with Crippen molar-refractivity contribution in [2.45, 2.75) is 12.3 Å². The number of carbonyl (C=O) groups excluding carboxylic acids is 1. The third-order valence-corrected chi connectivity index (χ3v) is 4.83. The monoisotopic (exact) mass is 362 g/mol. The van der Waals surface area contributed by atoms with Gasteiger partial charge < -0.3 is 10.6 Å². The lowest BCUT2D eigenvalue weighted by Gasteiger charge is -2.27. The Morgan fingerprint density at radius 3 is 3.00 bits per heavy atom. The van der Waals surface area contributed by atoms with Crippen LogP contribution in [0.2, 0.25) is 5.02 Å². The summed E-state index contributed by atoms with van der Waals surface area (Å²) < 4.78 is 0. The predicted molar refractivity (Wildman–Crippen MR) is 102 cm³/mol. The quantitative estimate of drug-likeness (QED) is 0.712. The van der Waals surface area contributed by atoms with Gasteiger partial charge in [-0.05, 0) is 24.1 Å². The topological polar surface area (TPSA) is 77.8 Å². The van der Waals surface area contributed by atoms with Gasteiger partial charge in [0.15, 0.2) is 0 Å². The highest BCUT2D eigenvalue weighted by molar-refractivity contribution is 6.31. The number of nitriles is 1. The number of amides is 1. The number of nitrogens with zero attached hydrogens (tertiary/aromatic N) is 2. The first-order chi connectivity index (χ1) is 12.7. The molecule has 6 heteroatoms. The SMILES string of the molecule is N#Cc1cc(Cl)cc2c1NCCC2C(=O)Nc1cncc2ccccc12. The molecule has 4 rings (SSSR count). The zero-order valence-electron chi connectivity index (χ0n) is 13.8. The van der Waals surface area contributed by atoms with E-state index in [1.165, 1.54) is 0 Å². The lowest BCUT2D eigenvalue weighted by Crippen LogP contribution is -2.28. The number of benzene rings is 2. The molecule has 3 aromatic rings. The molecule has 128 valence electrons. The second kappa shape index (κ2) is 6.66. The molecule has 2 heterocycles. The molecule has 1 unspecified atom stereocenters. The number of hydrogen-bond donors (Lipinski definition) is 2. The van der Waals surface area contributed by atoms with E-state index in [1.807, 2.05) is 24.3 Å². The van der Waals surface area contributed by atoms with Crippen molar-refractivity contribution in [2.75, 3.05) is 17.2 Å². The standard InChI is InChI=1S/C20H15ClN4O/c21-14-7-13(9-22)19-17(8-14)16(5-6-24-19)20(26)25-18-11-23-10-12-3-1-2-4-15(12)18/h1-4,7-8,10-11,16,24H,5-6H2,(H,25,26). The number of carbonyl (C=O) groups is 1. The minimum absolute atomic E-state index is 0.128. The Labute approximate surface area is 155 Å². The summed E-state index contributed by atoms with van der Waals surface area (Å²) in [7, 11) is 0. The average molecular weight is 363 g/mol. The fourth-order valence-electron chi connectivity index (χ4n) is 3.39. The van der Waals surface area contributed by atoms with Gasteiger partial charge in [0.2, 0.25) is 5.91 Å². The number of nitrogens with one attached hydrogen (secondary N) is 2. The molecule has 0 saturated carbocycles. The van der Waals surface area contributed by atoms with E-state index in [2.05, 4.69) is 21.7 Å². The van der Waals surface area contributed by atoms with Crippen molar-refractivity contribution in [1.29, 1.82) is 5.26 Å². The van der Waals surface area contributed by atoms with Crippen molar-refractivity contribution in [3.8, 4) is 6.07 Å². The molecule has 0 aliphatic carbocycles. The Kier molecular flexibility index (Phi) is 4.19. The van der Waals surface area contributed by atoms with Crippen LogP contribution in [0, 0.1) is 11.3 Å². The zero-order valence-corrected chi connectivity index (χ0v) is 14.5. The Balaban J connectivity index is 1.70. The van der Waals surface area contributed by atoms with Crippen molar-refractivity contribution >= 4 is 39.7 Å². The molecule has 0 fully saturated rings. The van der Waals surface area contributed by atoms with Crippen LogP contribution in [-0.2, 0) is 4.79 Å². The van der Waals surface area contributed by atoms with Gasteiger partial charge in [-0.2, -0.15) is 5.26 Å². The van der Waals surface area contributed by atoms with E-state index in [-0.39, 0.29) is 11.8 Å². The molecule has 1 aromatic heterocycles. The van der Waals surface area contributed by atoms with E-state index >= 15 is 0 Å². The largest absolute Gasteiger partial charge is 0.384 e.